The third-order valence-electron chi connectivity index (χ3n) is 7.51. The zero-order valence-corrected chi connectivity index (χ0v) is 19.3. The van der Waals surface area contributed by atoms with Crippen molar-refractivity contribution in [3.05, 3.63) is 24.0 Å². The summed E-state index contributed by atoms with van der Waals surface area (Å²) in [7, 11) is 1.44. The summed E-state index contributed by atoms with van der Waals surface area (Å²) in [5, 5.41) is 3.10. The van der Waals surface area contributed by atoms with Gasteiger partial charge in [0, 0.05) is 30.9 Å². The maximum Gasteiger partial charge on any atom is 0.233 e. The van der Waals surface area contributed by atoms with E-state index in [1.165, 1.54) is 71.2 Å². The predicted molar refractivity (Wildman–Crippen MR) is 127 cm³/mol. The molecule has 3 aliphatic heterocycles. The number of hydrogen-bond donors (Lipinski definition) is 2. The van der Waals surface area contributed by atoms with E-state index in [9.17, 15) is 4.39 Å². The van der Waals surface area contributed by atoms with Crippen molar-refractivity contribution in [2.75, 3.05) is 49.2 Å². The molecule has 2 aromatic rings. The number of methoxy groups -OCH3 is 1. The van der Waals surface area contributed by atoms with Crippen molar-refractivity contribution in [3.8, 4) is 5.75 Å². The Hall–Kier alpha value is -2.68. The van der Waals surface area contributed by atoms with Crippen LogP contribution in [0.2, 0.25) is 0 Å². The SMILES string of the molecule is COc1ccc(Nc2nc(N)nc(N(CC3CCCCC3)C3CN4CCC3CC4)n2)cc1F. The predicted octanol–water partition coefficient (Wildman–Crippen LogP) is 3.83. The summed E-state index contributed by atoms with van der Waals surface area (Å²) in [6.45, 7) is 4.38. The number of piperidine rings is 3. The number of fused-ring (bicyclic) bond motifs is 3. The summed E-state index contributed by atoms with van der Waals surface area (Å²) in [6, 6.07) is 5.06. The first-order chi connectivity index (χ1) is 16.1. The zero-order chi connectivity index (χ0) is 22.8. The maximum atomic E-state index is 14.2. The van der Waals surface area contributed by atoms with Gasteiger partial charge in [-0.15, -0.1) is 0 Å². The molecule has 4 fully saturated rings. The monoisotopic (exact) mass is 455 g/mol. The Bertz CT molecular complexity index is 960. The number of anilines is 4. The minimum Gasteiger partial charge on any atom is -0.494 e. The van der Waals surface area contributed by atoms with Crippen LogP contribution in [-0.2, 0) is 0 Å². The fourth-order valence-corrected chi connectivity index (χ4v) is 5.74. The van der Waals surface area contributed by atoms with Gasteiger partial charge in [0.1, 0.15) is 0 Å². The Morgan fingerprint density at radius 2 is 1.91 bits per heavy atom. The molecule has 9 heteroatoms. The Morgan fingerprint density at radius 1 is 1.12 bits per heavy atom. The lowest BCUT2D eigenvalue weighted by atomic mass is 9.82. The molecule has 3 saturated heterocycles. The highest BCUT2D eigenvalue weighted by Gasteiger charge is 2.39. The van der Waals surface area contributed by atoms with Gasteiger partial charge in [-0.3, -0.25) is 0 Å². The van der Waals surface area contributed by atoms with Crippen molar-refractivity contribution in [2.45, 2.75) is 51.0 Å². The first-order valence-electron chi connectivity index (χ1n) is 12.2. The zero-order valence-electron chi connectivity index (χ0n) is 19.3. The van der Waals surface area contributed by atoms with E-state index in [2.05, 4.69) is 25.1 Å². The van der Waals surface area contributed by atoms with E-state index >= 15 is 0 Å². The molecule has 1 saturated carbocycles. The lowest BCUT2D eigenvalue weighted by Crippen LogP contribution is -2.58. The topological polar surface area (TPSA) is 92.4 Å². The minimum absolute atomic E-state index is 0.173. The van der Waals surface area contributed by atoms with Gasteiger partial charge < -0.3 is 25.6 Å². The standard InChI is InChI=1S/C24H34FN7O/c1-33-21-8-7-18(13-19(21)25)27-23-28-22(26)29-24(30-23)32(14-16-5-3-2-4-6-16)20-15-31-11-9-17(20)10-12-31/h7-8,13,16-17,20H,2-6,9-12,14-15H2,1H3,(H3,26,27,28,29,30). The highest BCUT2D eigenvalue weighted by Crippen LogP contribution is 2.35. The van der Waals surface area contributed by atoms with Gasteiger partial charge in [0.15, 0.2) is 11.6 Å². The summed E-state index contributed by atoms with van der Waals surface area (Å²) < 4.78 is 19.2. The highest BCUT2D eigenvalue weighted by molar-refractivity contribution is 5.57. The number of halogens is 1. The van der Waals surface area contributed by atoms with E-state index in [0.717, 1.165) is 13.1 Å². The second kappa shape index (κ2) is 9.67. The van der Waals surface area contributed by atoms with Crippen LogP contribution < -0.4 is 20.7 Å². The van der Waals surface area contributed by atoms with Gasteiger partial charge in [-0.05, 0) is 62.7 Å². The van der Waals surface area contributed by atoms with Gasteiger partial charge in [0.2, 0.25) is 17.8 Å². The van der Waals surface area contributed by atoms with Crippen LogP contribution in [0.1, 0.15) is 44.9 Å². The first kappa shape index (κ1) is 22.1. The molecule has 178 valence electrons. The molecule has 8 nitrogen and oxygen atoms in total. The van der Waals surface area contributed by atoms with Crippen LogP contribution in [0.4, 0.5) is 27.9 Å². The summed E-state index contributed by atoms with van der Waals surface area (Å²) in [6.07, 6.45) is 8.90. The van der Waals surface area contributed by atoms with E-state index in [1.807, 2.05) is 0 Å². The van der Waals surface area contributed by atoms with Crippen LogP contribution in [0.3, 0.4) is 0 Å². The number of rotatable bonds is 7. The van der Waals surface area contributed by atoms with Gasteiger partial charge in [0.05, 0.1) is 7.11 Å². The third kappa shape index (κ3) is 4.98. The number of aromatic nitrogens is 3. The molecule has 2 bridgehead atoms. The van der Waals surface area contributed by atoms with Crippen LogP contribution >= 0.6 is 0 Å². The molecule has 4 heterocycles. The molecule has 1 aromatic heterocycles. The molecule has 1 atom stereocenters. The quantitative estimate of drug-likeness (QED) is 0.651. The molecule has 33 heavy (non-hydrogen) atoms. The van der Waals surface area contributed by atoms with E-state index in [4.69, 9.17) is 15.5 Å². The molecular formula is C24H34FN7O. The van der Waals surface area contributed by atoms with Crippen LogP contribution in [-0.4, -0.2) is 59.2 Å². The van der Waals surface area contributed by atoms with E-state index in [1.54, 1.807) is 12.1 Å². The Kier molecular flexibility index (Phi) is 6.48. The maximum absolute atomic E-state index is 14.2. The summed E-state index contributed by atoms with van der Waals surface area (Å²) in [4.78, 5) is 18.6. The lowest BCUT2D eigenvalue weighted by molar-refractivity contribution is 0.0824. The molecule has 1 aromatic carbocycles. The normalized spacial score (nSPS) is 25.1. The van der Waals surface area contributed by atoms with Crippen LogP contribution in [0.15, 0.2) is 18.2 Å². The summed E-state index contributed by atoms with van der Waals surface area (Å²) in [5.41, 5.74) is 6.67. The van der Waals surface area contributed by atoms with Crippen molar-refractivity contribution in [2.24, 2.45) is 11.8 Å². The number of nitrogens with zero attached hydrogens (tertiary/aromatic N) is 5. The third-order valence-corrected chi connectivity index (χ3v) is 7.51. The number of benzene rings is 1. The number of nitrogen functional groups attached to an aromatic ring is 1. The molecule has 0 amide bonds. The van der Waals surface area contributed by atoms with Crippen LogP contribution in [0.25, 0.3) is 0 Å². The average molecular weight is 456 g/mol. The molecule has 0 radical (unpaired) electrons. The number of nitrogens with one attached hydrogen (secondary N) is 1. The fraction of sp³-hybridized carbons (Fsp3) is 0.625. The van der Waals surface area contributed by atoms with Crippen molar-refractivity contribution >= 4 is 23.5 Å². The van der Waals surface area contributed by atoms with E-state index in [0.29, 0.717) is 35.5 Å². The Labute approximate surface area is 194 Å². The molecule has 1 aliphatic carbocycles. The molecule has 4 aliphatic rings. The second-order valence-corrected chi connectivity index (χ2v) is 9.65. The van der Waals surface area contributed by atoms with Gasteiger partial charge in [0.25, 0.3) is 0 Å². The van der Waals surface area contributed by atoms with E-state index < -0.39 is 5.82 Å². The van der Waals surface area contributed by atoms with Crippen molar-refractivity contribution < 1.29 is 9.13 Å². The van der Waals surface area contributed by atoms with Crippen LogP contribution in [0.5, 0.6) is 5.75 Å². The van der Waals surface area contributed by atoms with Crippen molar-refractivity contribution in [3.63, 3.8) is 0 Å². The molecule has 1 unspecified atom stereocenters. The lowest BCUT2D eigenvalue weighted by Gasteiger charge is -2.49. The van der Waals surface area contributed by atoms with Crippen molar-refractivity contribution in [1.29, 1.82) is 0 Å². The van der Waals surface area contributed by atoms with Gasteiger partial charge in [-0.2, -0.15) is 15.0 Å². The van der Waals surface area contributed by atoms with Gasteiger partial charge in [-0.1, -0.05) is 19.3 Å². The largest absolute Gasteiger partial charge is 0.494 e. The van der Waals surface area contributed by atoms with Crippen molar-refractivity contribution in [1.82, 2.24) is 19.9 Å². The summed E-state index contributed by atoms with van der Waals surface area (Å²) >= 11 is 0. The molecule has 6 rings (SSSR count). The Balaban J connectivity index is 1.42. The number of nitrogens with two attached hydrogens (primary N) is 1. The summed E-state index contributed by atoms with van der Waals surface area (Å²) in [5.74, 6) is 2.18. The smallest absolute Gasteiger partial charge is 0.233 e. The average Bonchev–Trinajstić information content (AvgIpc) is 2.83. The number of ether oxygens (including phenoxy) is 1. The van der Waals surface area contributed by atoms with Gasteiger partial charge >= 0.3 is 0 Å². The molecular weight excluding hydrogens is 421 g/mol. The molecule has 3 N–H and O–H groups in total. The minimum atomic E-state index is -0.448. The highest BCUT2D eigenvalue weighted by atomic mass is 19.1. The first-order valence-corrected chi connectivity index (χ1v) is 12.2. The Morgan fingerprint density at radius 3 is 2.58 bits per heavy atom. The molecule has 0 spiro atoms. The van der Waals surface area contributed by atoms with Gasteiger partial charge in [-0.25, -0.2) is 4.39 Å². The van der Waals surface area contributed by atoms with E-state index in [-0.39, 0.29) is 11.7 Å². The number of hydrogen-bond acceptors (Lipinski definition) is 8. The van der Waals surface area contributed by atoms with Crippen LogP contribution in [0, 0.1) is 17.7 Å². The second-order valence-electron chi connectivity index (χ2n) is 9.65. The fourth-order valence-electron chi connectivity index (χ4n) is 5.74.